The summed E-state index contributed by atoms with van der Waals surface area (Å²) in [5.74, 6) is -0.389. The smallest absolute Gasteiger partial charge is 0.412 e. The Hall–Kier alpha value is -1.26. The number of amides is 1. The fourth-order valence-corrected chi connectivity index (χ4v) is 0.923. The molecule has 0 fully saturated rings. The molecule has 0 aromatic carbocycles. The molecule has 0 aliphatic rings. The standard InChI is InChI=1S/C11H21NO4/c1-6-12(7-2)10(14)16-8-15-9(13)11(3,4)5/h6-8H2,1-5H3. The molecule has 0 heterocycles. The molecule has 0 rings (SSSR count). The van der Waals surface area contributed by atoms with Gasteiger partial charge in [0.2, 0.25) is 6.79 Å². The van der Waals surface area contributed by atoms with Gasteiger partial charge in [-0.1, -0.05) is 0 Å². The number of hydrogen-bond donors (Lipinski definition) is 0. The first-order valence-corrected chi connectivity index (χ1v) is 5.41. The average Bonchev–Trinajstić information content (AvgIpc) is 2.18. The highest BCUT2D eigenvalue weighted by molar-refractivity contribution is 5.75. The molecule has 5 nitrogen and oxygen atoms in total. The van der Waals surface area contributed by atoms with E-state index in [4.69, 9.17) is 9.47 Å². The van der Waals surface area contributed by atoms with Gasteiger partial charge >= 0.3 is 12.1 Å². The molecule has 0 saturated carbocycles. The van der Waals surface area contributed by atoms with Gasteiger partial charge in [-0.15, -0.1) is 0 Å². The lowest BCUT2D eigenvalue weighted by Crippen LogP contribution is -2.32. The SMILES string of the molecule is CCN(CC)C(=O)OCOC(=O)C(C)(C)C. The van der Waals surface area contributed by atoms with Gasteiger partial charge in [0.1, 0.15) is 0 Å². The summed E-state index contributed by atoms with van der Waals surface area (Å²) in [4.78, 5) is 24.2. The van der Waals surface area contributed by atoms with Crippen LogP contribution in [0.1, 0.15) is 34.6 Å². The van der Waals surface area contributed by atoms with Gasteiger partial charge in [-0.05, 0) is 34.6 Å². The third kappa shape index (κ3) is 5.00. The summed E-state index contributed by atoms with van der Waals surface area (Å²) in [6, 6.07) is 0. The van der Waals surface area contributed by atoms with Gasteiger partial charge in [0.25, 0.3) is 0 Å². The maximum Gasteiger partial charge on any atom is 0.412 e. The number of ether oxygens (including phenoxy) is 2. The number of carbonyl (C=O) groups is 2. The normalized spacial score (nSPS) is 10.8. The Morgan fingerprint density at radius 2 is 1.56 bits per heavy atom. The van der Waals surface area contributed by atoms with Gasteiger partial charge in [0.05, 0.1) is 5.41 Å². The van der Waals surface area contributed by atoms with E-state index >= 15 is 0 Å². The van der Waals surface area contributed by atoms with Gasteiger partial charge in [0, 0.05) is 13.1 Å². The quantitative estimate of drug-likeness (QED) is 0.548. The van der Waals surface area contributed by atoms with Crippen LogP contribution >= 0.6 is 0 Å². The van der Waals surface area contributed by atoms with Crippen molar-refractivity contribution >= 4 is 12.1 Å². The van der Waals surface area contributed by atoms with Crippen LogP contribution in [-0.4, -0.2) is 36.8 Å². The molecule has 16 heavy (non-hydrogen) atoms. The fourth-order valence-electron chi connectivity index (χ4n) is 0.923. The van der Waals surface area contributed by atoms with Crippen LogP contribution in [0.2, 0.25) is 0 Å². The van der Waals surface area contributed by atoms with Crippen LogP contribution in [0.25, 0.3) is 0 Å². The van der Waals surface area contributed by atoms with Gasteiger partial charge in [0.15, 0.2) is 0 Å². The average molecular weight is 231 g/mol. The zero-order chi connectivity index (χ0) is 12.8. The van der Waals surface area contributed by atoms with Crippen LogP contribution in [0.4, 0.5) is 4.79 Å². The molecule has 5 heteroatoms. The molecule has 0 atom stereocenters. The van der Waals surface area contributed by atoms with E-state index in [2.05, 4.69) is 0 Å². The van der Waals surface area contributed by atoms with Crippen molar-refractivity contribution in [2.24, 2.45) is 5.41 Å². The van der Waals surface area contributed by atoms with Gasteiger partial charge in [-0.3, -0.25) is 4.79 Å². The first kappa shape index (κ1) is 14.7. The minimum absolute atomic E-state index is 0.328. The first-order chi connectivity index (χ1) is 7.32. The molecule has 0 aliphatic heterocycles. The number of esters is 1. The van der Waals surface area contributed by atoms with E-state index in [1.165, 1.54) is 4.90 Å². The van der Waals surface area contributed by atoms with E-state index in [0.29, 0.717) is 13.1 Å². The number of nitrogens with zero attached hydrogens (tertiary/aromatic N) is 1. The van der Waals surface area contributed by atoms with Crippen molar-refractivity contribution in [1.29, 1.82) is 0 Å². The summed E-state index contributed by atoms with van der Waals surface area (Å²) in [6.07, 6.45) is -0.466. The van der Waals surface area contributed by atoms with Crippen LogP contribution in [0.3, 0.4) is 0 Å². The van der Waals surface area contributed by atoms with Crippen molar-refractivity contribution in [3.05, 3.63) is 0 Å². The lowest BCUT2D eigenvalue weighted by atomic mass is 9.98. The van der Waals surface area contributed by atoms with Crippen LogP contribution in [-0.2, 0) is 14.3 Å². The predicted octanol–water partition coefficient (Wildman–Crippen LogP) is 2.01. The van der Waals surface area contributed by atoms with E-state index < -0.39 is 11.5 Å². The van der Waals surface area contributed by atoms with Crippen LogP contribution in [0.5, 0.6) is 0 Å². The molecule has 0 aromatic heterocycles. The van der Waals surface area contributed by atoms with Crippen molar-refractivity contribution in [3.8, 4) is 0 Å². The Morgan fingerprint density at radius 3 is 1.94 bits per heavy atom. The Morgan fingerprint density at radius 1 is 1.06 bits per heavy atom. The summed E-state index contributed by atoms with van der Waals surface area (Å²) < 4.78 is 9.60. The number of carbonyl (C=O) groups excluding carboxylic acids is 2. The maximum atomic E-state index is 11.3. The Bertz CT molecular complexity index is 241. The lowest BCUT2D eigenvalue weighted by molar-refractivity contribution is -0.161. The summed E-state index contributed by atoms with van der Waals surface area (Å²) >= 11 is 0. The molecular formula is C11H21NO4. The predicted molar refractivity (Wildman–Crippen MR) is 59.8 cm³/mol. The topological polar surface area (TPSA) is 55.8 Å². The second-order valence-electron chi connectivity index (χ2n) is 4.38. The summed E-state index contributed by atoms with van der Waals surface area (Å²) in [5, 5.41) is 0. The van der Waals surface area contributed by atoms with Crippen molar-refractivity contribution in [2.75, 3.05) is 19.9 Å². The molecule has 0 aliphatic carbocycles. The third-order valence-corrected chi connectivity index (χ3v) is 2.01. The molecule has 0 saturated heterocycles. The zero-order valence-corrected chi connectivity index (χ0v) is 10.7. The maximum absolute atomic E-state index is 11.3. The monoisotopic (exact) mass is 231 g/mol. The largest absolute Gasteiger partial charge is 0.427 e. The summed E-state index contributed by atoms with van der Waals surface area (Å²) in [5.41, 5.74) is -0.582. The minimum atomic E-state index is -0.582. The van der Waals surface area contributed by atoms with E-state index in [1.54, 1.807) is 20.8 Å². The van der Waals surface area contributed by atoms with Crippen LogP contribution in [0, 0.1) is 5.41 Å². The minimum Gasteiger partial charge on any atom is -0.427 e. The van der Waals surface area contributed by atoms with Gasteiger partial charge in [-0.25, -0.2) is 4.79 Å². The van der Waals surface area contributed by atoms with Crippen molar-refractivity contribution < 1.29 is 19.1 Å². The zero-order valence-electron chi connectivity index (χ0n) is 10.7. The fraction of sp³-hybridized carbons (Fsp3) is 0.818. The highest BCUT2D eigenvalue weighted by Gasteiger charge is 2.23. The molecule has 0 aromatic rings. The van der Waals surface area contributed by atoms with E-state index in [-0.39, 0.29) is 12.8 Å². The molecule has 0 unspecified atom stereocenters. The molecule has 0 N–H and O–H groups in total. The first-order valence-electron chi connectivity index (χ1n) is 5.41. The second-order valence-corrected chi connectivity index (χ2v) is 4.38. The Balaban J connectivity index is 3.91. The van der Waals surface area contributed by atoms with Crippen molar-refractivity contribution in [1.82, 2.24) is 4.90 Å². The van der Waals surface area contributed by atoms with E-state index in [9.17, 15) is 9.59 Å². The van der Waals surface area contributed by atoms with E-state index in [0.717, 1.165) is 0 Å². The number of hydrogen-bond acceptors (Lipinski definition) is 4. The molecule has 94 valence electrons. The molecule has 1 amide bonds. The number of rotatable bonds is 4. The van der Waals surface area contributed by atoms with Crippen molar-refractivity contribution in [2.45, 2.75) is 34.6 Å². The highest BCUT2D eigenvalue weighted by atomic mass is 16.7. The molecular weight excluding hydrogens is 210 g/mol. The molecule has 0 spiro atoms. The van der Waals surface area contributed by atoms with Crippen LogP contribution in [0.15, 0.2) is 0 Å². The Kier molecular flexibility index (Phi) is 5.85. The van der Waals surface area contributed by atoms with Gasteiger partial charge < -0.3 is 14.4 Å². The van der Waals surface area contributed by atoms with Gasteiger partial charge in [-0.2, -0.15) is 0 Å². The second kappa shape index (κ2) is 6.35. The summed E-state index contributed by atoms with van der Waals surface area (Å²) in [6.45, 7) is 9.74. The molecule has 0 radical (unpaired) electrons. The van der Waals surface area contributed by atoms with Crippen molar-refractivity contribution in [3.63, 3.8) is 0 Å². The Labute approximate surface area is 96.7 Å². The van der Waals surface area contributed by atoms with Crippen LogP contribution < -0.4 is 0 Å². The summed E-state index contributed by atoms with van der Waals surface area (Å²) in [7, 11) is 0. The third-order valence-electron chi connectivity index (χ3n) is 2.01. The highest BCUT2D eigenvalue weighted by Crippen LogP contribution is 2.14. The molecule has 0 bridgehead atoms. The van der Waals surface area contributed by atoms with E-state index in [1.807, 2.05) is 13.8 Å². The lowest BCUT2D eigenvalue weighted by Gasteiger charge is -2.19.